The molecule has 8 heteroatoms. The number of ether oxygens (including phenoxy) is 2. The van der Waals surface area contributed by atoms with Crippen molar-refractivity contribution >= 4 is 11.9 Å². The summed E-state index contributed by atoms with van der Waals surface area (Å²) < 4.78 is 49.3. The highest BCUT2D eigenvalue weighted by Gasteiger charge is 2.49. The number of nitrogens with one attached hydrogen (secondary N) is 1. The number of para-hydroxylation sites is 1. The molecule has 1 heterocycles. The minimum Gasteiger partial charge on any atom is -0.478 e. The molecule has 0 aliphatic carbocycles. The highest BCUT2D eigenvalue weighted by molar-refractivity contribution is 5.81. The summed E-state index contributed by atoms with van der Waals surface area (Å²) in [5, 5.41) is 2.32. The second-order valence-electron chi connectivity index (χ2n) is 5.37. The Morgan fingerprint density at radius 1 is 1.29 bits per heavy atom. The fraction of sp³-hybridized carbons (Fsp3) is 0.500. The van der Waals surface area contributed by atoms with Gasteiger partial charge in [0.05, 0.1) is 19.1 Å². The van der Waals surface area contributed by atoms with Crippen LogP contribution in [0.2, 0.25) is 0 Å². The van der Waals surface area contributed by atoms with Gasteiger partial charge in [-0.1, -0.05) is 18.2 Å². The second-order valence-corrected chi connectivity index (χ2v) is 5.37. The van der Waals surface area contributed by atoms with Gasteiger partial charge in [-0.15, -0.1) is 0 Å². The van der Waals surface area contributed by atoms with E-state index < -0.39 is 30.2 Å². The van der Waals surface area contributed by atoms with E-state index in [0.717, 1.165) is 0 Å². The standard InChI is InChI=1S/C16H18F3NO4/c1-2-23-14(22)8-7-13(21)20-11-9-10-5-3-4-6-12(10)24-15(11)16(17,18)19/h3-6,11,15H,2,7-9H2,1H3,(H,20,21)/t11-,15-/m0/s1. The van der Waals surface area contributed by atoms with E-state index in [-0.39, 0.29) is 31.6 Å². The lowest BCUT2D eigenvalue weighted by Gasteiger charge is -2.35. The Kier molecular flexibility index (Phi) is 5.69. The molecule has 0 aromatic heterocycles. The second kappa shape index (κ2) is 7.55. The van der Waals surface area contributed by atoms with Crippen molar-refractivity contribution in [1.29, 1.82) is 0 Å². The van der Waals surface area contributed by atoms with Gasteiger partial charge in [0.15, 0.2) is 0 Å². The molecule has 24 heavy (non-hydrogen) atoms. The lowest BCUT2D eigenvalue weighted by Crippen LogP contribution is -2.55. The SMILES string of the molecule is CCOC(=O)CCC(=O)N[C@H]1Cc2ccccc2O[C@@H]1C(F)(F)F. The van der Waals surface area contributed by atoms with Crippen molar-refractivity contribution in [1.82, 2.24) is 5.32 Å². The van der Waals surface area contributed by atoms with Gasteiger partial charge in [0.2, 0.25) is 12.0 Å². The van der Waals surface area contributed by atoms with Gasteiger partial charge in [-0.25, -0.2) is 0 Å². The monoisotopic (exact) mass is 345 g/mol. The number of fused-ring (bicyclic) bond motifs is 1. The third kappa shape index (κ3) is 4.62. The van der Waals surface area contributed by atoms with Crippen LogP contribution >= 0.6 is 0 Å². The maximum atomic E-state index is 13.2. The van der Waals surface area contributed by atoms with E-state index in [1.54, 1.807) is 25.1 Å². The molecule has 1 amide bonds. The van der Waals surface area contributed by atoms with Crippen LogP contribution in [-0.2, 0) is 20.7 Å². The minimum atomic E-state index is -4.62. The minimum absolute atomic E-state index is 0.00545. The van der Waals surface area contributed by atoms with Crippen LogP contribution in [0.25, 0.3) is 0 Å². The van der Waals surface area contributed by atoms with Gasteiger partial charge in [-0.05, 0) is 18.6 Å². The third-order valence-electron chi connectivity index (χ3n) is 3.56. The van der Waals surface area contributed by atoms with Gasteiger partial charge in [0.25, 0.3) is 0 Å². The zero-order valence-corrected chi connectivity index (χ0v) is 13.1. The van der Waals surface area contributed by atoms with E-state index in [9.17, 15) is 22.8 Å². The number of esters is 1. The smallest absolute Gasteiger partial charge is 0.427 e. The Morgan fingerprint density at radius 3 is 2.67 bits per heavy atom. The molecule has 5 nitrogen and oxygen atoms in total. The predicted molar refractivity (Wildman–Crippen MR) is 78.4 cm³/mol. The van der Waals surface area contributed by atoms with E-state index in [0.29, 0.717) is 5.56 Å². The van der Waals surface area contributed by atoms with Gasteiger partial charge in [-0.3, -0.25) is 9.59 Å². The van der Waals surface area contributed by atoms with Crippen molar-refractivity contribution in [2.45, 2.75) is 44.5 Å². The van der Waals surface area contributed by atoms with E-state index in [1.165, 1.54) is 6.07 Å². The fourth-order valence-electron chi connectivity index (χ4n) is 2.50. The number of carbonyl (C=O) groups excluding carboxylic acids is 2. The number of carbonyl (C=O) groups is 2. The Hall–Kier alpha value is -2.25. The molecular formula is C16H18F3NO4. The normalized spacial score (nSPS) is 19.8. The number of benzene rings is 1. The average molecular weight is 345 g/mol. The number of hydrogen-bond donors (Lipinski definition) is 1. The van der Waals surface area contributed by atoms with Crippen LogP contribution in [0.15, 0.2) is 24.3 Å². The number of amides is 1. The van der Waals surface area contributed by atoms with Crippen LogP contribution in [0.3, 0.4) is 0 Å². The molecule has 0 fully saturated rings. The molecule has 2 atom stereocenters. The first-order chi connectivity index (χ1) is 11.3. The zero-order chi connectivity index (χ0) is 17.7. The van der Waals surface area contributed by atoms with Crippen LogP contribution in [0.4, 0.5) is 13.2 Å². The van der Waals surface area contributed by atoms with E-state index in [4.69, 9.17) is 4.74 Å². The lowest BCUT2D eigenvalue weighted by molar-refractivity contribution is -0.206. The Bertz CT molecular complexity index is 603. The number of hydrogen-bond acceptors (Lipinski definition) is 4. The first kappa shape index (κ1) is 18.1. The van der Waals surface area contributed by atoms with Crippen molar-refractivity contribution in [3.05, 3.63) is 29.8 Å². The number of alkyl halides is 3. The van der Waals surface area contributed by atoms with E-state index in [1.807, 2.05) is 0 Å². The Labute approximate surface area is 137 Å². The van der Waals surface area contributed by atoms with Gasteiger partial charge in [0, 0.05) is 12.8 Å². The number of halogens is 3. The largest absolute Gasteiger partial charge is 0.478 e. The molecule has 0 radical (unpaired) electrons. The number of rotatable bonds is 5. The Balaban J connectivity index is 2.03. The molecule has 0 saturated heterocycles. The summed E-state index contributed by atoms with van der Waals surface area (Å²) in [6.07, 6.45) is -7.15. The first-order valence-corrected chi connectivity index (χ1v) is 7.57. The highest BCUT2D eigenvalue weighted by Crippen LogP contribution is 2.35. The quantitative estimate of drug-likeness (QED) is 0.832. The fourth-order valence-corrected chi connectivity index (χ4v) is 2.50. The van der Waals surface area contributed by atoms with Crippen molar-refractivity contribution in [2.75, 3.05) is 6.61 Å². The molecule has 0 spiro atoms. The summed E-state index contributed by atoms with van der Waals surface area (Å²) >= 11 is 0. The zero-order valence-electron chi connectivity index (χ0n) is 13.1. The molecule has 1 aromatic rings. The molecule has 1 N–H and O–H groups in total. The van der Waals surface area contributed by atoms with Gasteiger partial charge < -0.3 is 14.8 Å². The van der Waals surface area contributed by atoms with E-state index in [2.05, 4.69) is 10.1 Å². The van der Waals surface area contributed by atoms with Crippen LogP contribution in [0.1, 0.15) is 25.3 Å². The maximum absolute atomic E-state index is 13.2. The summed E-state index contributed by atoms with van der Waals surface area (Å²) in [5.41, 5.74) is 0.591. The van der Waals surface area contributed by atoms with Gasteiger partial charge in [0.1, 0.15) is 5.75 Å². The molecule has 1 aliphatic rings. The first-order valence-electron chi connectivity index (χ1n) is 7.57. The van der Waals surface area contributed by atoms with Crippen molar-refractivity contribution in [2.24, 2.45) is 0 Å². The Morgan fingerprint density at radius 2 is 2.00 bits per heavy atom. The molecule has 0 bridgehead atoms. The molecule has 0 saturated carbocycles. The van der Waals surface area contributed by atoms with Crippen LogP contribution in [0.5, 0.6) is 5.75 Å². The molecule has 2 rings (SSSR count). The molecule has 1 aromatic carbocycles. The molecular weight excluding hydrogens is 327 g/mol. The van der Waals surface area contributed by atoms with Gasteiger partial charge >= 0.3 is 12.1 Å². The lowest BCUT2D eigenvalue weighted by atomic mass is 9.96. The third-order valence-corrected chi connectivity index (χ3v) is 3.56. The topological polar surface area (TPSA) is 64.6 Å². The van der Waals surface area contributed by atoms with Crippen molar-refractivity contribution < 1.29 is 32.2 Å². The summed E-state index contributed by atoms with van der Waals surface area (Å²) in [4.78, 5) is 23.1. The van der Waals surface area contributed by atoms with Crippen LogP contribution < -0.4 is 10.1 Å². The highest BCUT2D eigenvalue weighted by atomic mass is 19.4. The summed E-state index contributed by atoms with van der Waals surface area (Å²) in [6.45, 7) is 1.81. The van der Waals surface area contributed by atoms with Crippen molar-refractivity contribution in [3.63, 3.8) is 0 Å². The van der Waals surface area contributed by atoms with Crippen molar-refractivity contribution in [3.8, 4) is 5.75 Å². The summed E-state index contributed by atoms with van der Waals surface area (Å²) in [7, 11) is 0. The maximum Gasteiger partial charge on any atom is 0.427 e. The predicted octanol–water partition coefficient (Wildman–Crippen LogP) is 2.38. The molecule has 1 aliphatic heterocycles. The van der Waals surface area contributed by atoms with Crippen LogP contribution in [-0.4, -0.2) is 36.8 Å². The average Bonchev–Trinajstić information content (AvgIpc) is 2.51. The van der Waals surface area contributed by atoms with Gasteiger partial charge in [-0.2, -0.15) is 13.2 Å². The molecule has 0 unspecified atom stereocenters. The van der Waals surface area contributed by atoms with Crippen LogP contribution in [0, 0.1) is 0 Å². The van der Waals surface area contributed by atoms with E-state index >= 15 is 0 Å². The summed E-state index contributed by atoms with van der Waals surface area (Å²) in [5.74, 6) is -1.05. The molecule has 132 valence electrons. The summed E-state index contributed by atoms with van der Waals surface area (Å²) in [6, 6.07) is 5.15.